The summed E-state index contributed by atoms with van der Waals surface area (Å²) in [5.41, 5.74) is 2.99. The van der Waals surface area contributed by atoms with Crippen LogP contribution in [0.3, 0.4) is 0 Å². The molecule has 1 aliphatic carbocycles. The molecule has 1 atom stereocenters. The standard InChI is InChI=1S/C18H16N2O2/c19-11-12-7-9-13(10-8-12)18(22)20-16-5-1-4-15-14(16)3-2-6-17(15)21/h2-3,6-10,16,21H,1,4-5H2,(H,20,22)/t16-/m1/s1. The van der Waals surface area contributed by atoms with Crippen molar-refractivity contribution in [1.82, 2.24) is 5.32 Å². The van der Waals surface area contributed by atoms with Gasteiger partial charge in [0.05, 0.1) is 17.7 Å². The number of phenolic OH excluding ortho intramolecular Hbond substituents is 1. The topological polar surface area (TPSA) is 73.1 Å². The molecule has 22 heavy (non-hydrogen) atoms. The molecule has 1 amide bonds. The predicted molar refractivity (Wildman–Crippen MR) is 82.4 cm³/mol. The van der Waals surface area contributed by atoms with Gasteiger partial charge in [0, 0.05) is 5.56 Å². The predicted octanol–water partition coefficient (Wildman–Crippen LogP) is 3.07. The van der Waals surface area contributed by atoms with Crippen molar-refractivity contribution in [3.63, 3.8) is 0 Å². The van der Waals surface area contributed by atoms with Crippen molar-refractivity contribution in [3.8, 4) is 11.8 Å². The Labute approximate surface area is 129 Å². The van der Waals surface area contributed by atoms with Gasteiger partial charge in [-0.25, -0.2) is 0 Å². The summed E-state index contributed by atoms with van der Waals surface area (Å²) in [6, 6.07) is 14.0. The summed E-state index contributed by atoms with van der Waals surface area (Å²) in [5, 5.41) is 21.8. The maximum atomic E-state index is 12.4. The summed E-state index contributed by atoms with van der Waals surface area (Å²) >= 11 is 0. The third kappa shape index (κ3) is 2.66. The zero-order chi connectivity index (χ0) is 15.5. The van der Waals surface area contributed by atoms with Crippen LogP contribution in [0.2, 0.25) is 0 Å². The lowest BCUT2D eigenvalue weighted by Gasteiger charge is -2.27. The Kier molecular flexibility index (Phi) is 3.80. The minimum absolute atomic E-state index is 0.0843. The molecule has 0 spiro atoms. The van der Waals surface area contributed by atoms with Crippen LogP contribution in [0.15, 0.2) is 42.5 Å². The molecular weight excluding hydrogens is 276 g/mol. The summed E-state index contributed by atoms with van der Waals surface area (Å²) in [5.74, 6) is 0.139. The third-order valence-electron chi connectivity index (χ3n) is 4.06. The number of carbonyl (C=O) groups is 1. The number of rotatable bonds is 2. The fourth-order valence-corrected chi connectivity index (χ4v) is 2.92. The fourth-order valence-electron chi connectivity index (χ4n) is 2.92. The number of nitrogens with one attached hydrogen (secondary N) is 1. The molecule has 110 valence electrons. The Balaban J connectivity index is 1.81. The van der Waals surface area contributed by atoms with Gasteiger partial charge in [0.15, 0.2) is 0 Å². The maximum absolute atomic E-state index is 12.4. The molecule has 0 unspecified atom stereocenters. The van der Waals surface area contributed by atoms with E-state index in [0.717, 1.165) is 30.4 Å². The second-order valence-corrected chi connectivity index (χ2v) is 5.45. The number of benzene rings is 2. The van der Waals surface area contributed by atoms with Crippen molar-refractivity contribution >= 4 is 5.91 Å². The minimum Gasteiger partial charge on any atom is -0.508 e. The molecule has 2 aromatic rings. The highest BCUT2D eigenvalue weighted by Crippen LogP contribution is 2.34. The number of aromatic hydroxyl groups is 1. The Bertz CT molecular complexity index is 745. The molecule has 0 aliphatic heterocycles. The molecule has 0 aromatic heterocycles. The smallest absolute Gasteiger partial charge is 0.251 e. The number of nitrogens with zero attached hydrogens (tertiary/aromatic N) is 1. The first-order valence-electron chi connectivity index (χ1n) is 7.31. The lowest BCUT2D eigenvalue weighted by atomic mass is 9.87. The Morgan fingerprint density at radius 3 is 2.73 bits per heavy atom. The number of fused-ring (bicyclic) bond motifs is 1. The van der Waals surface area contributed by atoms with Crippen LogP contribution < -0.4 is 5.32 Å². The molecule has 2 N–H and O–H groups in total. The first kappa shape index (κ1) is 14.2. The van der Waals surface area contributed by atoms with E-state index in [4.69, 9.17) is 5.26 Å². The van der Waals surface area contributed by atoms with E-state index in [9.17, 15) is 9.90 Å². The monoisotopic (exact) mass is 292 g/mol. The van der Waals surface area contributed by atoms with Crippen LogP contribution >= 0.6 is 0 Å². The van der Waals surface area contributed by atoms with Gasteiger partial charge in [-0.15, -0.1) is 0 Å². The second-order valence-electron chi connectivity index (χ2n) is 5.45. The fraction of sp³-hybridized carbons (Fsp3) is 0.222. The highest BCUT2D eigenvalue weighted by atomic mass is 16.3. The van der Waals surface area contributed by atoms with E-state index in [-0.39, 0.29) is 11.9 Å². The number of amides is 1. The van der Waals surface area contributed by atoms with Crippen LogP contribution in [-0.2, 0) is 6.42 Å². The Morgan fingerprint density at radius 2 is 2.00 bits per heavy atom. The number of carbonyl (C=O) groups excluding carboxylic acids is 1. The molecule has 3 rings (SSSR count). The van der Waals surface area contributed by atoms with Crippen LogP contribution in [0.25, 0.3) is 0 Å². The van der Waals surface area contributed by atoms with Crippen molar-refractivity contribution in [3.05, 3.63) is 64.7 Å². The number of hydrogen-bond donors (Lipinski definition) is 2. The lowest BCUT2D eigenvalue weighted by molar-refractivity contribution is 0.0932. The highest BCUT2D eigenvalue weighted by molar-refractivity contribution is 5.94. The van der Waals surface area contributed by atoms with E-state index in [0.29, 0.717) is 16.9 Å². The quantitative estimate of drug-likeness (QED) is 0.893. The van der Waals surface area contributed by atoms with E-state index in [1.807, 2.05) is 12.1 Å². The van der Waals surface area contributed by atoms with Crippen LogP contribution in [0, 0.1) is 11.3 Å². The Morgan fingerprint density at radius 1 is 1.23 bits per heavy atom. The first-order chi connectivity index (χ1) is 10.7. The molecule has 0 radical (unpaired) electrons. The highest BCUT2D eigenvalue weighted by Gasteiger charge is 2.23. The van der Waals surface area contributed by atoms with Crippen LogP contribution in [0.1, 0.15) is 45.9 Å². The third-order valence-corrected chi connectivity index (χ3v) is 4.06. The number of nitriles is 1. The van der Waals surface area contributed by atoms with E-state index >= 15 is 0 Å². The van der Waals surface area contributed by atoms with Gasteiger partial charge in [-0.2, -0.15) is 5.26 Å². The molecule has 2 aromatic carbocycles. The van der Waals surface area contributed by atoms with Gasteiger partial charge in [-0.05, 0) is 60.7 Å². The van der Waals surface area contributed by atoms with Crippen molar-refractivity contribution in [2.45, 2.75) is 25.3 Å². The summed E-state index contributed by atoms with van der Waals surface area (Å²) in [7, 11) is 0. The molecule has 0 bridgehead atoms. The summed E-state index contributed by atoms with van der Waals surface area (Å²) < 4.78 is 0. The van der Waals surface area contributed by atoms with Gasteiger partial charge < -0.3 is 10.4 Å². The zero-order valence-electron chi connectivity index (χ0n) is 12.0. The maximum Gasteiger partial charge on any atom is 0.251 e. The van der Waals surface area contributed by atoms with E-state index in [2.05, 4.69) is 5.32 Å². The molecule has 0 saturated carbocycles. The van der Waals surface area contributed by atoms with Crippen molar-refractivity contribution < 1.29 is 9.90 Å². The normalized spacial score (nSPS) is 16.4. The van der Waals surface area contributed by atoms with Gasteiger partial charge in [0.25, 0.3) is 5.91 Å². The molecule has 4 nitrogen and oxygen atoms in total. The van der Waals surface area contributed by atoms with Crippen LogP contribution in [-0.4, -0.2) is 11.0 Å². The minimum atomic E-state index is -0.161. The van der Waals surface area contributed by atoms with Gasteiger partial charge in [0.2, 0.25) is 0 Å². The summed E-state index contributed by atoms with van der Waals surface area (Å²) in [6.07, 6.45) is 2.63. The van der Waals surface area contributed by atoms with Crippen molar-refractivity contribution in [2.75, 3.05) is 0 Å². The molecule has 1 aliphatic rings. The Hall–Kier alpha value is -2.80. The SMILES string of the molecule is N#Cc1ccc(C(=O)N[C@@H]2CCCc3c(O)cccc32)cc1. The average molecular weight is 292 g/mol. The van der Waals surface area contributed by atoms with E-state index < -0.39 is 0 Å². The molecule has 0 heterocycles. The van der Waals surface area contributed by atoms with Gasteiger partial charge in [-0.3, -0.25) is 4.79 Å². The van der Waals surface area contributed by atoms with Crippen molar-refractivity contribution in [1.29, 1.82) is 5.26 Å². The van der Waals surface area contributed by atoms with Gasteiger partial charge in [0.1, 0.15) is 5.75 Å². The summed E-state index contributed by atoms with van der Waals surface area (Å²) in [4.78, 5) is 12.4. The van der Waals surface area contributed by atoms with E-state index in [1.54, 1.807) is 36.4 Å². The van der Waals surface area contributed by atoms with Gasteiger partial charge in [-0.1, -0.05) is 12.1 Å². The molecule has 0 fully saturated rings. The largest absolute Gasteiger partial charge is 0.508 e. The van der Waals surface area contributed by atoms with Crippen LogP contribution in [0.4, 0.5) is 0 Å². The first-order valence-corrected chi connectivity index (χ1v) is 7.31. The summed E-state index contributed by atoms with van der Waals surface area (Å²) in [6.45, 7) is 0. The van der Waals surface area contributed by atoms with E-state index in [1.165, 1.54) is 0 Å². The average Bonchev–Trinajstić information content (AvgIpc) is 2.56. The molecule has 0 saturated heterocycles. The number of hydrogen-bond acceptors (Lipinski definition) is 3. The van der Waals surface area contributed by atoms with Gasteiger partial charge >= 0.3 is 0 Å². The molecule has 4 heteroatoms. The number of phenols is 1. The van der Waals surface area contributed by atoms with Crippen molar-refractivity contribution in [2.24, 2.45) is 0 Å². The zero-order valence-corrected chi connectivity index (χ0v) is 12.0. The van der Waals surface area contributed by atoms with Crippen LogP contribution in [0.5, 0.6) is 5.75 Å². The second kappa shape index (κ2) is 5.90. The molecular formula is C18H16N2O2. The lowest BCUT2D eigenvalue weighted by Crippen LogP contribution is -2.31.